The molecule has 3 rings (SSSR count). The minimum Gasteiger partial charge on any atom is -0.465 e. The Bertz CT molecular complexity index is 1080. The molecule has 0 saturated heterocycles. The number of hydrogen-bond acceptors (Lipinski definition) is 4. The molecule has 3 aromatic rings. The van der Waals surface area contributed by atoms with Crippen LogP contribution in [0.1, 0.15) is 32.0 Å². The van der Waals surface area contributed by atoms with E-state index in [1.165, 1.54) is 6.20 Å². The van der Waals surface area contributed by atoms with Crippen molar-refractivity contribution in [2.75, 3.05) is 12.4 Å². The van der Waals surface area contributed by atoms with Crippen molar-refractivity contribution in [1.29, 1.82) is 0 Å². The highest BCUT2D eigenvalue weighted by Gasteiger charge is 2.20. The maximum absolute atomic E-state index is 14.1. The van der Waals surface area contributed by atoms with Crippen molar-refractivity contribution in [1.82, 2.24) is 9.78 Å². The zero-order chi connectivity index (χ0) is 20.4. The standard InChI is InChI=1S/C20H17F2N3O3/c1-11-6-4-5-7-18(11)25-12(2)14(10-23-25)19(26)24-17-8-13(20(27)28-3)15(21)9-16(17)22/h4-10H,1-3H3,(H,24,26). The van der Waals surface area contributed by atoms with Crippen molar-refractivity contribution in [2.24, 2.45) is 0 Å². The van der Waals surface area contributed by atoms with Gasteiger partial charge in [-0.2, -0.15) is 5.10 Å². The van der Waals surface area contributed by atoms with Crippen molar-refractivity contribution < 1.29 is 23.1 Å². The number of anilines is 1. The zero-order valence-electron chi connectivity index (χ0n) is 15.4. The molecule has 2 aromatic carbocycles. The molecule has 0 spiro atoms. The number of benzene rings is 2. The largest absolute Gasteiger partial charge is 0.465 e. The second-order valence-corrected chi connectivity index (χ2v) is 6.10. The molecule has 0 atom stereocenters. The fraction of sp³-hybridized carbons (Fsp3) is 0.150. The quantitative estimate of drug-likeness (QED) is 0.694. The van der Waals surface area contributed by atoms with E-state index in [2.05, 4.69) is 15.2 Å². The number of amides is 1. The van der Waals surface area contributed by atoms with Crippen molar-refractivity contribution in [3.8, 4) is 5.69 Å². The number of nitrogens with one attached hydrogen (secondary N) is 1. The number of para-hydroxylation sites is 1. The van der Waals surface area contributed by atoms with Crippen LogP contribution in [0.3, 0.4) is 0 Å². The van der Waals surface area contributed by atoms with Crippen molar-refractivity contribution in [3.05, 3.63) is 76.6 Å². The molecule has 8 heteroatoms. The van der Waals surface area contributed by atoms with Crippen LogP contribution in [0, 0.1) is 25.5 Å². The van der Waals surface area contributed by atoms with Crippen LogP contribution in [-0.4, -0.2) is 28.8 Å². The van der Waals surface area contributed by atoms with Crippen LogP contribution in [0.2, 0.25) is 0 Å². The highest BCUT2D eigenvalue weighted by molar-refractivity contribution is 6.05. The van der Waals surface area contributed by atoms with Gasteiger partial charge in [0.15, 0.2) is 0 Å². The number of ether oxygens (including phenoxy) is 1. The fourth-order valence-electron chi connectivity index (χ4n) is 2.78. The first-order chi connectivity index (χ1) is 13.3. The minimum absolute atomic E-state index is 0.214. The van der Waals surface area contributed by atoms with E-state index in [0.29, 0.717) is 11.8 Å². The molecule has 6 nitrogen and oxygen atoms in total. The summed E-state index contributed by atoms with van der Waals surface area (Å²) in [6.45, 7) is 3.62. The number of halogens is 2. The van der Waals surface area contributed by atoms with Gasteiger partial charge in [-0.1, -0.05) is 18.2 Å². The van der Waals surface area contributed by atoms with Crippen molar-refractivity contribution in [3.63, 3.8) is 0 Å². The molecular formula is C20H17F2N3O3. The lowest BCUT2D eigenvalue weighted by atomic mass is 10.1. The van der Waals surface area contributed by atoms with Crippen LogP contribution >= 0.6 is 0 Å². The van der Waals surface area contributed by atoms with Gasteiger partial charge in [0, 0.05) is 6.07 Å². The molecule has 1 heterocycles. The van der Waals surface area contributed by atoms with Crippen LogP contribution in [0.25, 0.3) is 5.69 Å². The summed E-state index contributed by atoms with van der Waals surface area (Å²) in [6, 6.07) is 8.94. The van der Waals surface area contributed by atoms with E-state index >= 15 is 0 Å². The van der Waals surface area contributed by atoms with Gasteiger partial charge in [-0.05, 0) is 31.5 Å². The molecule has 0 saturated carbocycles. The SMILES string of the molecule is COC(=O)c1cc(NC(=O)c2cnn(-c3ccccc3C)c2C)c(F)cc1F. The number of methoxy groups -OCH3 is 1. The van der Waals surface area contributed by atoms with Crippen molar-refractivity contribution in [2.45, 2.75) is 13.8 Å². The Labute approximate surface area is 159 Å². The third-order valence-corrected chi connectivity index (χ3v) is 4.31. The van der Waals surface area contributed by atoms with Gasteiger partial charge in [0.25, 0.3) is 5.91 Å². The summed E-state index contributed by atoms with van der Waals surface area (Å²) in [7, 11) is 1.08. The van der Waals surface area contributed by atoms with E-state index in [0.717, 1.165) is 24.4 Å². The molecule has 0 unspecified atom stereocenters. The molecule has 0 aliphatic carbocycles. The van der Waals surface area contributed by atoms with Crippen LogP contribution in [-0.2, 0) is 4.74 Å². The lowest BCUT2D eigenvalue weighted by Gasteiger charge is -2.10. The highest BCUT2D eigenvalue weighted by Crippen LogP contribution is 2.23. The van der Waals surface area contributed by atoms with Gasteiger partial charge in [-0.25, -0.2) is 18.3 Å². The average Bonchev–Trinajstić information content (AvgIpc) is 3.05. The predicted molar refractivity (Wildman–Crippen MR) is 98.7 cm³/mol. The number of nitrogens with zero attached hydrogens (tertiary/aromatic N) is 2. The summed E-state index contributed by atoms with van der Waals surface area (Å²) in [5.74, 6) is -3.71. The highest BCUT2D eigenvalue weighted by atomic mass is 19.1. The van der Waals surface area contributed by atoms with E-state index in [9.17, 15) is 18.4 Å². The second-order valence-electron chi connectivity index (χ2n) is 6.10. The Kier molecular flexibility index (Phi) is 5.21. The summed E-state index contributed by atoms with van der Waals surface area (Å²) in [4.78, 5) is 24.2. The summed E-state index contributed by atoms with van der Waals surface area (Å²) < 4.78 is 33.9. The van der Waals surface area contributed by atoms with Gasteiger partial charge in [0.05, 0.1) is 41.5 Å². The molecule has 1 aromatic heterocycles. The smallest absolute Gasteiger partial charge is 0.340 e. The molecule has 0 fully saturated rings. The number of aromatic nitrogens is 2. The minimum atomic E-state index is -1.08. The van der Waals surface area contributed by atoms with Gasteiger partial charge >= 0.3 is 5.97 Å². The Morgan fingerprint density at radius 1 is 1.07 bits per heavy atom. The molecular weight excluding hydrogens is 368 g/mol. The van der Waals surface area contributed by atoms with Crippen LogP contribution in [0.15, 0.2) is 42.6 Å². The molecule has 0 aliphatic rings. The average molecular weight is 385 g/mol. The maximum atomic E-state index is 14.1. The Morgan fingerprint density at radius 2 is 1.79 bits per heavy atom. The summed E-state index contributed by atoms with van der Waals surface area (Å²) >= 11 is 0. The Balaban J connectivity index is 1.93. The molecule has 144 valence electrons. The van der Waals surface area contributed by atoms with Gasteiger partial charge < -0.3 is 10.1 Å². The second kappa shape index (κ2) is 7.59. The Hall–Kier alpha value is -3.55. The number of rotatable bonds is 4. The van der Waals surface area contributed by atoms with E-state index in [1.807, 2.05) is 31.2 Å². The zero-order valence-corrected chi connectivity index (χ0v) is 15.4. The monoisotopic (exact) mass is 385 g/mol. The first-order valence-corrected chi connectivity index (χ1v) is 8.32. The summed E-state index contributed by atoms with van der Waals surface area (Å²) in [6.07, 6.45) is 1.36. The molecule has 0 aliphatic heterocycles. The third-order valence-electron chi connectivity index (χ3n) is 4.31. The number of esters is 1. The van der Waals surface area contributed by atoms with Crippen LogP contribution < -0.4 is 5.32 Å². The lowest BCUT2D eigenvalue weighted by Crippen LogP contribution is -2.16. The predicted octanol–water partition coefficient (Wildman–Crippen LogP) is 3.81. The van der Waals surface area contributed by atoms with Gasteiger partial charge in [-0.15, -0.1) is 0 Å². The normalized spacial score (nSPS) is 10.6. The van der Waals surface area contributed by atoms with E-state index in [1.54, 1.807) is 11.6 Å². The Morgan fingerprint density at radius 3 is 2.46 bits per heavy atom. The van der Waals surface area contributed by atoms with E-state index in [-0.39, 0.29) is 11.3 Å². The fourth-order valence-corrected chi connectivity index (χ4v) is 2.78. The number of carbonyl (C=O) groups excluding carboxylic acids is 2. The van der Waals surface area contributed by atoms with Crippen molar-refractivity contribution >= 4 is 17.6 Å². The first kappa shape index (κ1) is 19.2. The van der Waals surface area contributed by atoms with Gasteiger partial charge in [-0.3, -0.25) is 4.79 Å². The van der Waals surface area contributed by atoms with E-state index in [4.69, 9.17) is 0 Å². The maximum Gasteiger partial charge on any atom is 0.340 e. The number of hydrogen-bond donors (Lipinski definition) is 1. The van der Waals surface area contributed by atoms with Gasteiger partial charge in [0.1, 0.15) is 11.6 Å². The summed E-state index contributed by atoms with van der Waals surface area (Å²) in [5.41, 5.74) is 1.71. The number of carbonyl (C=O) groups is 2. The topological polar surface area (TPSA) is 73.2 Å². The lowest BCUT2D eigenvalue weighted by molar-refractivity contribution is 0.0595. The van der Waals surface area contributed by atoms with Crippen LogP contribution in [0.5, 0.6) is 0 Å². The molecule has 0 radical (unpaired) electrons. The molecule has 1 amide bonds. The molecule has 0 bridgehead atoms. The molecule has 28 heavy (non-hydrogen) atoms. The third kappa shape index (κ3) is 3.48. The number of aryl methyl sites for hydroxylation is 1. The van der Waals surface area contributed by atoms with Gasteiger partial charge in [0.2, 0.25) is 0 Å². The summed E-state index contributed by atoms with van der Waals surface area (Å²) in [5, 5.41) is 6.58. The van der Waals surface area contributed by atoms with Crippen LogP contribution in [0.4, 0.5) is 14.5 Å². The first-order valence-electron chi connectivity index (χ1n) is 8.32. The van der Waals surface area contributed by atoms with E-state index < -0.39 is 29.1 Å². The molecule has 1 N–H and O–H groups in total.